The highest BCUT2D eigenvalue weighted by atomic mass is 16.6. The Morgan fingerprint density at radius 1 is 1.45 bits per heavy atom. The number of amides is 1. The maximum atomic E-state index is 12.5. The summed E-state index contributed by atoms with van der Waals surface area (Å²) in [6, 6.07) is 0. The summed E-state index contributed by atoms with van der Waals surface area (Å²) in [7, 11) is 0. The van der Waals surface area contributed by atoms with Gasteiger partial charge in [0.25, 0.3) is 11.5 Å². The molecule has 11 nitrogen and oxygen atoms in total. The highest BCUT2D eigenvalue weighted by molar-refractivity contribution is 5.93. The molecule has 0 saturated carbocycles. The van der Waals surface area contributed by atoms with Crippen molar-refractivity contribution < 1.29 is 28.9 Å². The first kappa shape index (κ1) is 20.8. The van der Waals surface area contributed by atoms with E-state index in [0.29, 0.717) is 6.42 Å². The van der Waals surface area contributed by atoms with Gasteiger partial charge in [-0.1, -0.05) is 0 Å². The second-order valence-electron chi connectivity index (χ2n) is 7.23. The van der Waals surface area contributed by atoms with E-state index in [9.17, 15) is 24.3 Å². The summed E-state index contributed by atoms with van der Waals surface area (Å²) in [4.78, 5) is 50.2. The van der Waals surface area contributed by atoms with Crippen LogP contribution in [0.1, 0.15) is 43.3 Å². The van der Waals surface area contributed by atoms with Crippen LogP contribution in [-0.4, -0.2) is 57.5 Å². The molecule has 29 heavy (non-hydrogen) atoms. The molecule has 11 heteroatoms. The number of nitrogens with zero attached hydrogens (tertiary/aromatic N) is 1. The summed E-state index contributed by atoms with van der Waals surface area (Å²) in [5.41, 5.74) is -2.50. The van der Waals surface area contributed by atoms with Crippen LogP contribution in [-0.2, 0) is 19.0 Å². The quantitative estimate of drug-likeness (QED) is 0.516. The molecule has 0 unspecified atom stereocenters. The molecule has 1 aromatic rings. The van der Waals surface area contributed by atoms with E-state index in [1.165, 1.54) is 6.92 Å². The molecule has 0 spiro atoms. The summed E-state index contributed by atoms with van der Waals surface area (Å²) >= 11 is 0. The van der Waals surface area contributed by atoms with Crippen molar-refractivity contribution in [1.29, 1.82) is 0 Å². The molecule has 0 bridgehead atoms. The number of aromatic amines is 1. The SMILES string of the molecule is CC(=O)O[C@H]1C[C@H](n2cc(C(=O)NC[C@]3(C)CC=CO3)c(=O)[nH]c2=O)O[C@@H]1CO. The van der Waals surface area contributed by atoms with Gasteiger partial charge in [0.05, 0.1) is 19.4 Å². The Morgan fingerprint density at radius 3 is 2.83 bits per heavy atom. The van der Waals surface area contributed by atoms with Gasteiger partial charge in [0.2, 0.25) is 0 Å². The van der Waals surface area contributed by atoms with Crippen molar-refractivity contribution in [3.05, 3.63) is 44.9 Å². The number of rotatable bonds is 6. The zero-order valence-corrected chi connectivity index (χ0v) is 16.0. The largest absolute Gasteiger partial charge is 0.493 e. The number of hydrogen-bond donors (Lipinski definition) is 3. The van der Waals surface area contributed by atoms with Crippen LogP contribution in [0.25, 0.3) is 0 Å². The number of carbonyl (C=O) groups is 2. The topological polar surface area (TPSA) is 149 Å². The molecule has 0 radical (unpaired) electrons. The summed E-state index contributed by atoms with van der Waals surface area (Å²) in [6.07, 6.45) is 2.66. The van der Waals surface area contributed by atoms with E-state index in [2.05, 4.69) is 10.3 Å². The van der Waals surface area contributed by atoms with Crippen molar-refractivity contribution in [2.24, 2.45) is 0 Å². The number of carbonyl (C=O) groups excluding carboxylic acids is 2. The van der Waals surface area contributed by atoms with E-state index >= 15 is 0 Å². The Hall–Kier alpha value is -2.92. The number of H-pyrrole nitrogens is 1. The molecule has 1 amide bonds. The third-order valence-corrected chi connectivity index (χ3v) is 4.82. The maximum Gasteiger partial charge on any atom is 0.330 e. The molecule has 1 aromatic heterocycles. The molecule has 3 N–H and O–H groups in total. The molecule has 158 valence electrons. The predicted molar refractivity (Wildman–Crippen MR) is 98.1 cm³/mol. The van der Waals surface area contributed by atoms with E-state index < -0.39 is 53.8 Å². The van der Waals surface area contributed by atoms with Gasteiger partial charge in [0.15, 0.2) is 0 Å². The van der Waals surface area contributed by atoms with Crippen molar-refractivity contribution >= 4 is 11.9 Å². The molecular formula is C18H23N3O8. The first-order valence-electron chi connectivity index (χ1n) is 9.12. The summed E-state index contributed by atoms with van der Waals surface area (Å²) < 4.78 is 17.1. The maximum absolute atomic E-state index is 12.5. The highest BCUT2D eigenvalue weighted by Crippen LogP contribution is 2.29. The van der Waals surface area contributed by atoms with E-state index in [4.69, 9.17) is 14.2 Å². The Morgan fingerprint density at radius 2 is 2.21 bits per heavy atom. The van der Waals surface area contributed by atoms with Gasteiger partial charge in [-0.15, -0.1) is 0 Å². The number of aliphatic hydroxyl groups excluding tert-OH is 1. The summed E-state index contributed by atoms with van der Waals surface area (Å²) in [5, 5.41) is 12.1. The lowest BCUT2D eigenvalue weighted by Crippen LogP contribution is -2.43. The molecule has 1 fully saturated rings. The van der Waals surface area contributed by atoms with Crippen LogP contribution < -0.4 is 16.6 Å². The van der Waals surface area contributed by atoms with Crippen LogP contribution >= 0.6 is 0 Å². The number of hydrogen-bond acceptors (Lipinski definition) is 8. The number of aromatic nitrogens is 2. The van der Waals surface area contributed by atoms with Crippen molar-refractivity contribution in [2.75, 3.05) is 13.2 Å². The first-order chi connectivity index (χ1) is 13.7. The van der Waals surface area contributed by atoms with Gasteiger partial charge >= 0.3 is 11.7 Å². The Kier molecular flexibility index (Phi) is 5.89. The number of ether oxygens (including phenoxy) is 3. The minimum absolute atomic E-state index is 0.0788. The van der Waals surface area contributed by atoms with Crippen LogP contribution in [0.4, 0.5) is 0 Å². The molecular weight excluding hydrogens is 386 g/mol. The summed E-state index contributed by atoms with van der Waals surface area (Å²) in [5.74, 6) is -1.23. The number of esters is 1. The normalized spacial score (nSPS) is 28.2. The fourth-order valence-electron chi connectivity index (χ4n) is 3.27. The fourth-order valence-corrected chi connectivity index (χ4v) is 3.27. The Labute approximate surface area is 165 Å². The van der Waals surface area contributed by atoms with Gasteiger partial charge in [0.1, 0.15) is 29.6 Å². The minimum Gasteiger partial charge on any atom is -0.493 e. The smallest absolute Gasteiger partial charge is 0.330 e. The van der Waals surface area contributed by atoms with Crippen molar-refractivity contribution in [3.8, 4) is 0 Å². The lowest BCUT2D eigenvalue weighted by atomic mass is 10.0. The zero-order valence-electron chi connectivity index (χ0n) is 16.0. The molecule has 1 saturated heterocycles. The molecule has 3 rings (SSSR count). The van der Waals surface area contributed by atoms with Crippen LogP contribution in [0.3, 0.4) is 0 Å². The number of aliphatic hydroxyl groups is 1. The second-order valence-corrected chi connectivity index (χ2v) is 7.23. The van der Waals surface area contributed by atoms with Crippen molar-refractivity contribution in [2.45, 2.75) is 50.7 Å². The molecule has 4 atom stereocenters. The van der Waals surface area contributed by atoms with Crippen LogP contribution in [0.15, 0.2) is 28.1 Å². The predicted octanol–water partition coefficient (Wildman–Crippen LogP) is -0.829. The molecule has 2 aliphatic rings. The zero-order chi connectivity index (χ0) is 21.2. The van der Waals surface area contributed by atoms with Crippen LogP contribution in [0, 0.1) is 0 Å². The molecule has 2 aliphatic heterocycles. The molecule has 0 aromatic carbocycles. The Balaban J connectivity index is 1.79. The van der Waals surface area contributed by atoms with Gasteiger partial charge in [-0.2, -0.15) is 0 Å². The first-order valence-corrected chi connectivity index (χ1v) is 9.12. The monoisotopic (exact) mass is 409 g/mol. The van der Waals surface area contributed by atoms with E-state index in [1.807, 2.05) is 13.0 Å². The number of nitrogens with one attached hydrogen (secondary N) is 2. The van der Waals surface area contributed by atoms with Crippen LogP contribution in [0.2, 0.25) is 0 Å². The Bertz CT molecular complexity index is 926. The van der Waals surface area contributed by atoms with Gasteiger partial charge in [0, 0.05) is 26.0 Å². The molecule has 0 aliphatic carbocycles. The third kappa shape index (κ3) is 4.57. The fraction of sp³-hybridized carbons (Fsp3) is 0.556. The highest BCUT2D eigenvalue weighted by Gasteiger charge is 2.39. The van der Waals surface area contributed by atoms with Crippen LogP contribution in [0.5, 0.6) is 0 Å². The van der Waals surface area contributed by atoms with Gasteiger partial charge < -0.3 is 24.6 Å². The average Bonchev–Trinajstić information content (AvgIpc) is 3.26. The van der Waals surface area contributed by atoms with Crippen molar-refractivity contribution in [3.63, 3.8) is 0 Å². The lowest BCUT2D eigenvalue weighted by Gasteiger charge is -2.24. The van der Waals surface area contributed by atoms with Gasteiger partial charge in [-0.3, -0.25) is 23.9 Å². The van der Waals surface area contributed by atoms with E-state index in [0.717, 1.165) is 10.8 Å². The van der Waals surface area contributed by atoms with Gasteiger partial charge in [-0.05, 0) is 13.0 Å². The minimum atomic E-state index is -0.924. The lowest BCUT2D eigenvalue weighted by molar-refractivity contribution is -0.150. The third-order valence-electron chi connectivity index (χ3n) is 4.82. The van der Waals surface area contributed by atoms with E-state index in [1.54, 1.807) is 6.26 Å². The summed E-state index contributed by atoms with van der Waals surface area (Å²) in [6.45, 7) is 2.78. The van der Waals surface area contributed by atoms with Gasteiger partial charge in [-0.25, -0.2) is 4.79 Å². The standard InChI is InChI=1S/C18H23N3O8/c1-10(23)28-12-6-14(29-13(12)8-22)21-7-11(16(25)20-17(21)26)15(24)19-9-18(2)4-3-5-27-18/h3,5,7,12-14,22H,4,6,8-9H2,1-2H3,(H,19,24)(H,20,25,26)/t12-,13+,14+,18-/m0/s1. The molecule has 3 heterocycles. The van der Waals surface area contributed by atoms with Crippen molar-refractivity contribution in [1.82, 2.24) is 14.9 Å². The van der Waals surface area contributed by atoms with E-state index in [-0.39, 0.29) is 18.5 Å². The average molecular weight is 409 g/mol. The second kappa shape index (κ2) is 8.21.